The fraction of sp³-hybridized carbons (Fsp3) is 0.929. The highest BCUT2D eigenvalue weighted by atomic mass is 16.2. The van der Waals surface area contributed by atoms with Gasteiger partial charge in [0.05, 0.1) is 5.41 Å². The average Bonchev–Trinajstić information content (AvgIpc) is 2.72. The largest absolute Gasteiger partial charge is 0.351 e. The fourth-order valence-corrected chi connectivity index (χ4v) is 3.86. The zero-order valence-electron chi connectivity index (χ0n) is 11.2. The molecule has 1 amide bonds. The molecule has 4 heteroatoms. The SMILES string of the molecule is NCC1(C(=O)NC2CCN3CCCCC23)CCC1. The summed E-state index contributed by atoms with van der Waals surface area (Å²) in [5.74, 6) is 0.230. The van der Waals surface area contributed by atoms with Gasteiger partial charge in [-0.1, -0.05) is 12.8 Å². The molecule has 0 aromatic heterocycles. The Balaban J connectivity index is 1.61. The van der Waals surface area contributed by atoms with Crippen LogP contribution in [0.4, 0.5) is 0 Å². The van der Waals surface area contributed by atoms with E-state index in [0.29, 0.717) is 18.6 Å². The topological polar surface area (TPSA) is 58.4 Å². The van der Waals surface area contributed by atoms with Gasteiger partial charge in [-0.2, -0.15) is 0 Å². The molecule has 4 nitrogen and oxygen atoms in total. The lowest BCUT2D eigenvalue weighted by atomic mass is 9.68. The summed E-state index contributed by atoms with van der Waals surface area (Å²) in [5, 5.41) is 3.31. The molecular formula is C14H25N3O. The third kappa shape index (κ3) is 1.95. The van der Waals surface area contributed by atoms with Gasteiger partial charge in [0.1, 0.15) is 0 Å². The Bertz CT molecular complexity index is 321. The molecule has 3 N–H and O–H groups in total. The zero-order chi connectivity index (χ0) is 12.6. The molecule has 0 aromatic rings. The molecule has 2 aliphatic heterocycles. The Labute approximate surface area is 109 Å². The summed E-state index contributed by atoms with van der Waals surface area (Å²) in [7, 11) is 0. The van der Waals surface area contributed by atoms with E-state index in [9.17, 15) is 4.79 Å². The summed E-state index contributed by atoms with van der Waals surface area (Å²) in [6.45, 7) is 2.89. The lowest BCUT2D eigenvalue weighted by Crippen LogP contribution is -2.55. The number of fused-ring (bicyclic) bond motifs is 1. The van der Waals surface area contributed by atoms with Crippen molar-refractivity contribution in [3.05, 3.63) is 0 Å². The lowest BCUT2D eigenvalue weighted by Gasteiger charge is -2.41. The van der Waals surface area contributed by atoms with Crippen molar-refractivity contribution in [3.8, 4) is 0 Å². The molecule has 2 heterocycles. The monoisotopic (exact) mass is 251 g/mol. The first-order chi connectivity index (χ1) is 8.75. The van der Waals surface area contributed by atoms with E-state index < -0.39 is 0 Å². The third-order valence-corrected chi connectivity index (χ3v) is 5.36. The van der Waals surface area contributed by atoms with Gasteiger partial charge in [0, 0.05) is 25.2 Å². The summed E-state index contributed by atoms with van der Waals surface area (Å²) < 4.78 is 0. The number of hydrogen-bond acceptors (Lipinski definition) is 3. The predicted octanol–water partition coefficient (Wildman–Crippen LogP) is 0.858. The quantitative estimate of drug-likeness (QED) is 0.782. The molecule has 0 bridgehead atoms. The third-order valence-electron chi connectivity index (χ3n) is 5.36. The van der Waals surface area contributed by atoms with E-state index in [4.69, 9.17) is 5.73 Å². The van der Waals surface area contributed by atoms with E-state index in [2.05, 4.69) is 10.2 Å². The van der Waals surface area contributed by atoms with Crippen LogP contribution in [0.2, 0.25) is 0 Å². The molecule has 2 unspecified atom stereocenters. The van der Waals surface area contributed by atoms with Crippen LogP contribution in [-0.4, -0.2) is 42.5 Å². The van der Waals surface area contributed by atoms with Gasteiger partial charge in [-0.15, -0.1) is 0 Å². The van der Waals surface area contributed by atoms with Gasteiger partial charge in [0.2, 0.25) is 5.91 Å². The van der Waals surface area contributed by atoms with Crippen molar-refractivity contribution in [2.24, 2.45) is 11.1 Å². The van der Waals surface area contributed by atoms with E-state index in [-0.39, 0.29) is 11.3 Å². The summed E-state index contributed by atoms with van der Waals surface area (Å²) in [6, 6.07) is 0.972. The smallest absolute Gasteiger partial charge is 0.227 e. The second-order valence-corrected chi connectivity index (χ2v) is 6.31. The van der Waals surface area contributed by atoms with Gasteiger partial charge >= 0.3 is 0 Å². The molecule has 1 aliphatic carbocycles. The first-order valence-corrected chi connectivity index (χ1v) is 7.50. The Kier molecular flexibility index (Phi) is 3.32. The number of piperidine rings is 1. The molecule has 3 aliphatic rings. The highest BCUT2D eigenvalue weighted by molar-refractivity contribution is 5.84. The maximum Gasteiger partial charge on any atom is 0.227 e. The lowest BCUT2D eigenvalue weighted by molar-refractivity contribution is -0.136. The van der Waals surface area contributed by atoms with Gasteiger partial charge in [-0.05, 0) is 38.6 Å². The molecule has 3 rings (SSSR count). The van der Waals surface area contributed by atoms with Crippen LogP contribution < -0.4 is 11.1 Å². The number of nitrogens with one attached hydrogen (secondary N) is 1. The second kappa shape index (κ2) is 4.82. The minimum absolute atomic E-state index is 0.220. The average molecular weight is 251 g/mol. The summed E-state index contributed by atoms with van der Waals surface area (Å²) in [5.41, 5.74) is 5.58. The van der Waals surface area contributed by atoms with E-state index in [1.54, 1.807) is 0 Å². The van der Waals surface area contributed by atoms with Crippen LogP contribution in [0.5, 0.6) is 0 Å². The van der Waals surface area contributed by atoms with E-state index in [1.807, 2.05) is 0 Å². The van der Waals surface area contributed by atoms with Crippen molar-refractivity contribution in [1.82, 2.24) is 10.2 Å². The second-order valence-electron chi connectivity index (χ2n) is 6.31. The molecule has 3 fully saturated rings. The summed E-state index contributed by atoms with van der Waals surface area (Å²) >= 11 is 0. The van der Waals surface area contributed by atoms with Crippen LogP contribution in [0, 0.1) is 5.41 Å². The Morgan fingerprint density at radius 2 is 2.06 bits per heavy atom. The molecule has 2 saturated heterocycles. The van der Waals surface area contributed by atoms with Crippen LogP contribution in [0.1, 0.15) is 44.9 Å². The minimum Gasteiger partial charge on any atom is -0.351 e. The summed E-state index contributed by atoms with van der Waals surface area (Å²) in [6.07, 6.45) is 8.13. The maximum absolute atomic E-state index is 12.4. The van der Waals surface area contributed by atoms with E-state index in [0.717, 1.165) is 32.2 Å². The molecule has 0 spiro atoms. The number of rotatable bonds is 3. The molecule has 0 radical (unpaired) electrons. The first-order valence-electron chi connectivity index (χ1n) is 7.50. The van der Waals surface area contributed by atoms with Gasteiger partial charge in [0.15, 0.2) is 0 Å². The number of nitrogens with zero attached hydrogens (tertiary/aromatic N) is 1. The molecular weight excluding hydrogens is 226 g/mol. The maximum atomic E-state index is 12.4. The summed E-state index contributed by atoms with van der Waals surface area (Å²) in [4.78, 5) is 15.0. The van der Waals surface area contributed by atoms with Gasteiger partial charge in [-0.25, -0.2) is 0 Å². The highest BCUT2D eigenvalue weighted by Crippen LogP contribution is 2.40. The predicted molar refractivity (Wildman–Crippen MR) is 71.1 cm³/mol. The van der Waals surface area contributed by atoms with Crippen molar-refractivity contribution < 1.29 is 4.79 Å². The molecule has 1 saturated carbocycles. The van der Waals surface area contributed by atoms with Crippen molar-refractivity contribution >= 4 is 5.91 Å². The van der Waals surface area contributed by atoms with Crippen molar-refractivity contribution in [2.75, 3.05) is 19.6 Å². The fourth-order valence-electron chi connectivity index (χ4n) is 3.86. The van der Waals surface area contributed by atoms with Crippen molar-refractivity contribution in [2.45, 2.75) is 57.0 Å². The Hall–Kier alpha value is -0.610. The van der Waals surface area contributed by atoms with Crippen molar-refractivity contribution in [3.63, 3.8) is 0 Å². The highest BCUT2D eigenvalue weighted by Gasteiger charge is 2.45. The van der Waals surface area contributed by atoms with Gasteiger partial charge in [-0.3, -0.25) is 9.69 Å². The zero-order valence-corrected chi connectivity index (χ0v) is 11.2. The van der Waals surface area contributed by atoms with Gasteiger partial charge in [0.25, 0.3) is 0 Å². The Morgan fingerprint density at radius 3 is 2.72 bits per heavy atom. The number of hydrogen-bond donors (Lipinski definition) is 2. The normalized spacial score (nSPS) is 34.7. The van der Waals surface area contributed by atoms with E-state index in [1.165, 1.54) is 25.8 Å². The van der Waals surface area contributed by atoms with Gasteiger partial charge < -0.3 is 11.1 Å². The van der Waals surface area contributed by atoms with E-state index >= 15 is 0 Å². The number of carbonyl (C=O) groups is 1. The van der Waals surface area contributed by atoms with Crippen LogP contribution in [0.15, 0.2) is 0 Å². The number of amides is 1. The standard InChI is InChI=1S/C14H25N3O/c15-10-14(6-3-7-14)13(18)16-11-5-9-17-8-2-1-4-12(11)17/h11-12H,1-10,15H2,(H,16,18). The van der Waals surface area contributed by atoms with Crippen LogP contribution >= 0.6 is 0 Å². The van der Waals surface area contributed by atoms with Crippen LogP contribution in [0.25, 0.3) is 0 Å². The molecule has 102 valence electrons. The molecule has 0 aromatic carbocycles. The minimum atomic E-state index is -0.220. The van der Waals surface area contributed by atoms with Crippen LogP contribution in [0.3, 0.4) is 0 Å². The number of carbonyl (C=O) groups excluding carboxylic acids is 1. The van der Waals surface area contributed by atoms with Crippen molar-refractivity contribution in [1.29, 1.82) is 0 Å². The molecule has 18 heavy (non-hydrogen) atoms. The van der Waals surface area contributed by atoms with Crippen LogP contribution in [-0.2, 0) is 4.79 Å². The first kappa shape index (κ1) is 12.4. The number of nitrogens with two attached hydrogens (primary N) is 1. The molecule has 2 atom stereocenters. The Morgan fingerprint density at radius 1 is 1.22 bits per heavy atom.